The molecule has 0 radical (unpaired) electrons. The first-order valence-electron chi connectivity index (χ1n) is 6.71. The highest BCUT2D eigenvalue weighted by Gasteiger charge is 2.15. The van der Waals surface area contributed by atoms with Crippen LogP contribution in [-0.2, 0) is 4.79 Å². The van der Waals surface area contributed by atoms with Crippen LogP contribution in [0.2, 0.25) is 0 Å². The Morgan fingerprint density at radius 1 is 1.25 bits per heavy atom. The van der Waals surface area contributed by atoms with Gasteiger partial charge in [0.15, 0.2) is 0 Å². The molecule has 4 nitrogen and oxygen atoms in total. The first kappa shape index (κ1) is 16.6. The maximum atomic E-state index is 12.2. The van der Waals surface area contributed by atoms with Crippen molar-refractivity contribution in [1.29, 1.82) is 0 Å². The lowest BCUT2D eigenvalue weighted by molar-refractivity contribution is -0.137. The Bertz CT molecular complexity index is 457. The molecule has 0 aromatic heterocycles. The van der Waals surface area contributed by atoms with Crippen LogP contribution in [0.15, 0.2) is 29.2 Å². The molecule has 110 valence electrons. The van der Waals surface area contributed by atoms with Gasteiger partial charge in [0.25, 0.3) is 5.91 Å². The number of nitrogens with zero attached hydrogens (tertiary/aromatic N) is 1. The molecule has 0 atom stereocenters. The van der Waals surface area contributed by atoms with E-state index in [1.165, 1.54) is 0 Å². The molecule has 1 amide bonds. The molecule has 0 fully saturated rings. The van der Waals surface area contributed by atoms with Crippen LogP contribution in [-0.4, -0.2) is 40.2 Å². The minimum Gasteiger partial charge on any atom is -0.481 e. The molecule has 0 unspecified atom stereocenters. The molecule has 0 spiro atoms. The summed E-state index contributed by atoms with van der Waals surface area (Å²) in [5.41, 5.74) is 0.602. The average Bonchev–Trinajstić information content (AvgIpc) is 2.39. The van der Waals surface area contributed by atoms with Gasteiger partial charge in [0, 0.05) is 28.8 Å². The van der Waals surface area contributed by atoms with Crippen molar-refractivity contribution in [3.05, 3.63) is 29.8 Å². The van der Waals surface area contributed by atoms with Gasteiger partial charge in [-0.25, -0.2) is 0 Å². The summed E-state index contributed by atoms with van der Waals surface area (Å²) in [4.78, 5) is 25.5. The third kappa shape index (κ3) is 5.25. The summed E-state index contributed by atoms with van der Waals surface area (Å²) < 4.78 is 0. The maximum absolute atomic E-state index is 12.2. The molecule has 1 aromatic rings. The Morgan fingerprint density at radius 3 is 2.30 bits per heavy atom. The van der Waals surface area contributed by atoms with Crippen LogP contribution in [0.25, 0.3) is 0 Å². The van der Waals surface area contributed by atoms with Crippen LogP contribution in [0.5, 0.6) is 0 Å². The van der Waals surface area contributed by atoms with Crippen molar-refractivity contribution in [2.75, 3.05) is 13.1 Å². The Balaban J connectivity index is 2.72. The van der Waals surface area contributed by atoms with Gasteiger partial charge in [-0.2, -0.15) is 0 Å². The predicted molar refractivity (Wildman–Crippen MR) is 81.3 cm³/mol. The van der Waals surface area contributed by atoms with Crippen molar-refractivity contribution in [3.63, 3.8) is 0 Å². The summed E-state index contributed by atoms with van der Waals surface area (Å²) in [5.74, 6) is -1.00. The molecule has 0 aliphatic carbocycles. The lowest BCUT2D eigenvalue weighted by Crippen LogP contribution is -2.32. The van der Waals surface area contributed by atoms with E-state index in [2.05, 4.69) is 13.8 Å². The smallest absolute Gasteiger partial charge is 0.305 e. The Hall–Kier alpha value is -1.49. The first-order chi connectivity index (χ1) is 9.43. The summed E-state index contributed by atoms with van der Waals surface area (Å²) in [6, 6.07) is 7.47. The van der Waals surface area contributed by atoms with Gasteiger partial charge in [-0.3, -0.25) is 9.59 Å². The third-order valence-corrected chi connectivity index (χ3v) is 3.75. The van der Waals surface area contributed by atoms with E-state index in [9.17, 15) is 9.59 Å². The number of carbonyl (C=O) groups excluding carboxylic acids is 1. The van der Waals surface area contributed by atoms with Gasteiger partial charge in [-0.1, -0.05) is 13.8 Å². The van der Waals surface area contributed by atoms with Gasteiger partial charge in [0.2, 0.25) is 0 Å². The summed E-state index contributed by atoms with van der Waals surface area (Å²) in [6.07, 6.45) is -0.0269. The van der Waals surface area contributed by atoms with Gasteiger partial charge in [-0.05, 0) is 31.2 Å². The van der Waals surface area contributed by atoms with Crippen molar-refractivity contribution in [2.45, 2.75) is 37.3 Å². The number of benzene rings is 1. The third-order valence-electron chi connectivity index (χ3n) is 2.74. The fourth-order valence-corrected chi connectivity index (χ4v) is 2.60. The molecule has 0 aliphatic rings. The number of aliphatic carboxylic acids is 1. The highest BCUT2D eigenvalue weighted by molar-refractivity contribution is 7.99. The van der Waals surface area contributed by atoms with E-state index in [4.69, 9.17) is 5.11 Å². The largest absolute Gasteiger partial charge is 0.481 e. The first-order valence-corrected chi connectivity index (χ1v) is 7.59. The molecular formula is C15H21NO3S. The van der Waals surface area contributed by atoms with Gasteiger partial charge in [-0.15, -0.1) is 11.8 Å². The lowest BCUT2D eigenvalue weighted by atomic mass is 10.2. The zero-order valence-electron chi connectivity index (χ0n) is 12.1. The minimum atomic E-state index is -0.889. The normalized spacial score (nSPS) is 10.6. The molecule has 5 heteroatoms. The highest BCUT2D eigenvalue weighted by atomic mass is 32.2. The number of hydrogen-bond donors (Lipinski definition) is 1. The van der Waals surface area contributed by atoms with Crippen LogP contribution >= 0.6 is 11.8 Å². The molecule has 1 rings (SSSR count). The molecule has 1 N–H and O–H groups in total. The van der Waals surface area contributed by atoms with E-state index < -0.39 is 5.97 Å². The second kappa shape index (κ2) is 7.94. The number of carboxylic acid groups (broad SMARTS) is 1. The van der Waals surface area contributed by atoms with Crippen LogP contribution in [0.4, 0.5) is 0 Å². The van der Waals surface area contributed by atoms with E-state index in [0.29, 0.717) is 17.4 Å². The average molecular weight is 295 g/mol. The van der Waals surface area contributed by atoms with Crippen LogP contribution in [0.1, 0.15) is 37.6 Å². The second-order valence-electron chi connectivity index (χ2n) is 4.72. The standard InChI is InChI=1S/C15H21NO3S/c1-4-16(10-9-14(17)18)15(19)12-5-7-13(8-6-12)20-11(2)3/h5-8,11H,4,9-10H2,1-3H3,(H,17,18). The quantitative estimate of drug-likeness (QED) is 0.785. The molecule has 1 aromatic carbocycles. The topological polar surface area (TPSA) is 57.6 Å². The van der Waals surface area contributed by atoms with Crippen molar-refractivity contribution >= 4 is 23.6 Å². The van der Waals surface area contributed by atoms with Crippen LogP contribution in [0, 0.1) is 0 Å². The molecule has 0 bridgehead atoms. The monoisotopic (exact) mass is 295 g/mol. The molecule has 0 saturated heterocycles. The summed E-state index contributed by atoms with van der Waals surface area (Å²) in [5, 5.41) is 9.19. The Morgan fingerprint density at radius 2 is 1.85 bits per heavy atom. The van der Waals surface area contributed by atoms with Gasteiger partial charge in [0.05, 0.1) is 6.42 Å². The minimum absolute atomic E-state index is 0.0269. The van der Waals surface area contributed by atoms with Crippen LogP contribution in [0.3, 0.4) is 0 Å². The summed E-state index contributed by atoms with van der Waals surface area (Å²) >= 11 is 1.74. The predicted octanol–water partition coefficient (Wildman–Crippen LogP) is 3.12. The van der Waals surface area contributed by atoms with E-state index in [-0.39, 0.29) is 18.9 Å². The molecule has 20 heavy (non-hydrogen) atoms. The highest BCUT2D eigenvalue weighted by Crippen LogP contribution is 2.23. The van der Waals surface area contributed by atoms with Crippen molar-refractivity contribution < 1.29 is 14.7 Å². The van der Waals surface area contributed by atoms with Crippen molar-refractivity contribution in [2.24, 2.45) is 0 Å². The van der Waals surface area contributed by atoms with Gasteiger partial charge in [0.1, 0.15) is 0 Å². The fourth-order valence-electron chi connectivity index (χ4n) is 1.76. The van der Waals surface area contributed by atoms with E-state index in [0.717, 1.165) is 4.90 Å². The van der Waals surface area contributed by atoms with E-state index in [1.807, 2.05) is 19.1 Å². The van der Waals surface area contributed by atoms with Gasteiger partial charge >= 0.3 is 5.97 Å². The zero-order chi connectivity index (χ0) is 15.1. The lowest BCUT2D eigenvalue weighted by Gasteiger charge is -2.20. The van der Waals surface area contributed by atoms with Crippen LogP contribution < -0.4 is 0 Å². The Labute approximate surface area is 124 Å². The van der Waals surface area contributed by atoms with Crippen molar-refractivity contribution in [1.82, 2.24) is 4.90 Å². The molecular weight excluding hydrogens is 274 g/mol. The second-order valence-corrected chi connectivity index (χ2v) is 6.37. The van der Waals surface area contributed by atoms with Crippen molar-refractivity contribution in [3.8, 4) is 0 Å². The summed E-state index contributed by atoms with van der Waals surface area (Å²) in [7, 11) is 0. The summed E-state index contributed by atoms with van der Waals surface area (Å²) in [6.45, 7) is 6.84. The number of carbonyl (C=O) groups is 2. The number of carboxylic acids is 1. The number of amides is 1. The Kier molecular flexibility index (Phi) is 6.58. The zero-order valence-corrected chi connectivity index (χ0v) is 12.9. The maximum Gasteiger partial charge on any atom is 0.305 e. The SMILES string of the molecule is CCN(CCC(=O)O)C(=O)c1ccc(SC(C)C)cc1. The van der Waals surface area contributed by atoms with E-state index >= 15 is 0 Å². The number of hydrogen-bond acceptors (Lipinski definition) is 3. The number of thioether (sulfide) groups is 1. The number of rotatable bonds is 7. The molecule has 0 aliphatic heterocycles. The van der Waals surface area contributed by atoms with E-state index in [1.54, 1.807) is 28.8 Å². The fraction of sp³-hybridized carbons (Fsp3) is 0.467. The molecule has 0 heterocycles. The molecule has 0 saturated carbocycles. The van der Waals surface area contributed by atoms with Gasteiger partial charge < -0.3 is 10.0 Å².